The Morgan fingerprint density at radius 2 is 2.19 bits per heavy atom. The number of hydrogen-bond acceptors (Lipinski definition) is 6. The lowest BCUT2D eigenvalue weighted by Gasteiger charge is -2.08. The van der Waals surface area contributed by atoms with Crippen molar-refractivity contribution in [1.82, 2.24) is 4.98 Å². The highest BCUT2D eigenvalue weighted by atomic mass is 35.5. The molecule has 2 aromatic rings. The van der Waals surface area contributed by atoms with Gasteiger partial charge in [0.2, 0.25) is 11.6 Å². The number of ether oxygens (including phenoxy) is 2. The molecule has 7 nitrogen and oxygen atoms in total. The molecule has 0 unspecified atom stereocenters. The van der Waals surface area contributed by atoms with Crippen LogP contribution in [0.2, 0.25) is 5.02 Å². The highest BCUT2D eigenvalue weighted by molar-refractivity contribution is 6.33. The fourth-order valence-corrected chi connectivity index (χ4v) is 1.73. The Balaban J connectivity index is 2.48. The third kappa shape index (κ3) is 3.01. The van der Waals surface area contributed by atoms with Crippen molar-refractivity contribution >= 4 is 17.3 Å². The predicted octanol–water partition coefficient (Wildman–Crippen LogP) is 3.32. The Labute approximate surface area is 124 Å². The van der Waals surface area contributed by atoms with Crippen molar-refractivity contribution in [1.29, 1.82) is 5.26 Å². The van der Waals surface area contributed by atoms with Crippen molar-refractivity contribution < 1.29 is 14.4 Å². The quantitative estimate of drug-likeness (QED) is 0.634. The van der Waals surface area contributed by atoms with Crippen LogP contribution in [0.1, 0.15) is 5.56 Å². The molecule has 0 aliphatic rings. The predicted molar refractivity (Wildman–Crippen MR) is 73.7 cm³/mol. The van der Waals surface area contributed by atoms with E-state index in [9.17, 15) is 10.1 Å². The summed E-state index contributed by atoms with van der Waals surface area (Å²) >= 11 is 5.95. The molecule has 0 atom stereocenters. The highest BCUT2D eigenvalue weighted by Gasteiger charge is 2.19. The molecule has 1 heterocycles. The van der Waals surface area contributed by atoms with Gasteiger partial charge >= 0.3 is 5.69 Å². The van der Waals surface area contributed by atoms with Gasteiger partial charge in [-0.25, -0.2) is 4.98 Å². The first-order valence-electron chi connectivity index (χ1n) is 5.61. The lowest BCUT2D eigenvalue weighted by atomic mass is 10.2. The first-order valence-corrected chi connectivity index (χ1v) is 5.99. The van der Waals surface area contributed by atoms with Crippen molar-refractivity contribution in [3.8, 4) is 23.4 Å². The number of aromatic nitrogens is 1. The zero-order valence-corrected chi connectivity index (χ0v) is 11.5. The monoisotopic (exact) mass is 305 g/mol. The van der Waals surface area contributed by atoms with Crippen molar-refractivity contribution in [2.24, 2.45) is 0 Å². The van der Waals surface area contributed by atoms with Crippen LogP contribution < -0.4 is 9.47 Å². The number of rotatable bonds is 4. The zero-order chi connectivity index (χ0) is 15.4. The molecule has 106 valence electrons. The minimum atomic E-state index is -0.600. The van der Waals surface area contributed by atoms with E-state index in [0.29, 0.717) is 5.75 Å². The Morgan fingerprint density at radius 1 is 1.43 bits per heavy atom. The molecule has 8 heteroatoms. The molecule has 0 spiro atoms. The molecule has 0 N–H and O–H groups in total. The summed E-state index contributed by atoms with van der Waals surface area (Å²) in [6.45, 7) is 0. The molecule has 0 saturated carbocycles. The van der Waals surface area contributed by atoms with E-state index in [0.717, 1.165) is 0 Å². The lowest BCUT2D eigenvalue weighted by molar-refractivity contribution is -0.385. The van der Waals surface area contributed by atoms with Gasteiger partial charge in [-0.2, -0.15) is 5.26 Å². The van der Waals surface area contributed by atoms with Gasteiger partial charge in [0.05, 0.1) is 17.6 Å². The molecule has 0 aliphatic carbocycles. The molecule has 21 heavy (non-hydrogen) atoms. The summed E-state index contributed by atoms with van der Waals surface area (Å²) in [7, 11) is 1.42. The van der Waals surface area contributed by atoms with Gasteiger partial charge in [-0.05, 0) is 12.1 Å². The number of hydrogen-bond donors (Lipinski definition) is 0. The Bertz CT molecular complexity index is 743. The highest BCUT2D eigenvalue weighted by Crippen LogP contribution is 2.36. The fourth-order valence-electron chi connectivity index (χ4n) is 1.54. The maximum absolute atomic E-state index is 11.0. The topological polar surface area (TPSA) is 98.3 Å². The Morgan fingerprint density at radius 3 is 2.81 bits per heavy atom. The Hall–Kier alpha value is -2.85. The molecule has 1 aromatic heterocycles. The van der Waals surface area contributed by atoms with Crippen LogP contribution in [-0.2, 0) is 0 Å². The van der Waals surface area contributed by atoms with Crippen LogP contribution in [0.4, 0.5) is 5.69 Å². The van der Waals surface area contributed by atoms with Gasteiger partial charge in [0, 0.05) is 18.3 Å². The van der Waals surface area contributed by atoms with Gasteiger partial charge in [-0.3, -0.25) is 10.1 Å². The third-order valence-corrected chi connectivity index (χ3v) is 2.91. The van der Waals surface area contributed by atoms with Crippen molar-refractivity contribution in [2.45, 2.75) is 0 Å². The van der Waals surface area contributed by atoms with Crippen LogP contribution in [0.3, 0.4) is 0 Å². The van der Waals surface area contributed by atoms with Crippen LogP contribution in [-0.4, -0.2) is 17.0 Å². The van der Waals surface area contributed by atoms with Gasteiger partial charge < -0.3 is 9.47 Å². The molecular formula is C13H8ClN3O4. The standard InChI is InChI=1S/C13H8ClN3O4/c1-20-9-2-3-10(17(18)19)11(6-9)21-13-12(14)8(7-15)4-5-16-13/h2-6H,1H3. The molecule has 0 saturated heterocycles. The lowest BCUT2D eigenvalue weighted by Crippen LogP contribution is -1.97. The second-order valence-corrected chi connectivity index (χ2v) is 4.16. The van der Waals surface area contributed by atoms with E-state index < -0.39 is 4.92 Å². The van der Waals surface area contributed by atoms with E-state index >= 15 is 0 Å². The molecule has 0 aliphatic heterocycles. The molecule has 1 aromatic carbocycles. The Kier molecular flexibility index (Phi) is 4.21. The van der Waals surface area contributed by atoms with Crippen LogP contribution >= 0.6 is 11.6 Å². The minimum absolute atomic E-state index is 0.0166. The molecule has 0 radical (unpaired) electrons. The maximum Gasteiger partial charge on any atom is 0.311 e. The normalized spacial score (nSPS) is 9.76. The van der Waals surface area contributed by atoms with Crippen molar-refractivity contribution in [3.05, 3.63) is 51.2 Å². The molecule has 0 amide bonds. The average molecular weight is 306 g/mol. The maximum atomic E-state index is 11.0. The van der Waals surface area contributed by atoms with Crippen LogP contribution in [0.15, 0.2) is 30.5 Å². The van der Waals surface area contributed by atoms with Gasteiger partial charge in [0.1, 0.15) is 16.8 Å². The number of nitriles is 1. The van der Waals surface area contributed by atoms with Gasteiger partial charge in [0.25, 0.3) is 0 Å². The first kappa shape index (κ1) is 14.6. The fraction of sp³-hybridized carbons (Fsp3) is 0.0769. The SMILES string of the molecule is COc1ccc([N+](=O)[O-])c(Oc2nccc(C#N)c2Cl)c1. The summed E-state index contributed by atoms with van der Waals surface area (Å²) in [5.74, 6) is 0.207. The average Bonchev–Trinajstić information content (AvgIpc) is 2.49. The van der Waals surface area contributed by atoms with E-state index in [-0.39, 0.29) is 27.9 Å². The van der Waals surface area contributed by atoms with E-state index in [1.54, 1.807) is 0 Å². The largest absolute Gasteiger partial charge is 0.497 e. The number of nitro groups is 1. The zero-order valence-electron chi connectivity index (χ0n) is 10.7. The molecule has 0 fully saturated rings. The van der Waals surface area contributed by atoms with E-state index in [4.69, 9.17) is 26.3 Å². The molecular weight excluding hydrogens is 298 g/mol. The smallest absolute Gasteiger partial charge is 0.311 e. The van der Waals surface area contributed by atoms with Crippen LogP contribution in [0, 0.1) is 21.4 Å². The second-order valence-electron chi connectivity index (χ2n) is 3.78. The third-order valence-electron chi connectivity index (χ3n) is 2.55. The summed E-state index contributed by atoms with van der Waals surface area (Å²) < 4.78 is 10.4. The second kappa shape index (κ2) is 6.07. The van der Waals surface area contributed by atoms with Gasteiger partial charge in [-0.1, -0.05) is 11.6 Å². The summed E-state index contributed by atoms with van der Waals surface area (Å²) in [5.41, 5.74) is -0.108. The van der Waals surface area contributed by atoms with Crippen LogP contribution in [0.25, 0.3) is 0 Å². The number of nitrogens with zero attached hydrogens (tertiary/aromatic N) is 3. The minimum Gasteiger partial charge on any atom is -0.497 e. The number of nitro benzene ring substituents is 1. The van der Waals surface area contributed by atoms with E-state index in [1.807, 2.05) is 6.07 Å². The van der Waals surface area contributed by atoms with E-state index in [2.05, 4.69) is 4.98 Å². The molecule has 2 rings (SSSR count). The number of pyridine rings is 1. The number of benzene rings is 1. The summed E-state index contributed by atoms with van der Waals surface area (Å²) in [6, 6.07) is 7.31. The van der Waals surface area contributed by atoms with E-state index in [1.165, 1.54) is 37.6 Å². The number of halogens is 1. The van der Waals surface area contributed by atoms with Crippen molar-refractivity contribution in [3.63, 3.8) is 0 Å². The first-order chi connectivity index (χ1) is 10.1. The number of methoxy groups -OCH3 is 1. The summed E-state index contributed by atoms with van der Waals surface area (Å²) in [5, 5.41) is 19.9. The van der Waals surface area contributed by atoms with Crippen LogP contribution in [0.5, 0.6) is 17.4 Å². The van der Waals surface area contributed by atoms with Gasteiger partial charge in [-0.15, -0.1) is 0 Å². The molecule has 0 bridgehead atoms. The summed E-state index contributed by atoms with van der Waals surface area (Å²) in [4.78, 5) is 14.3. The summed E-state index contributed by atoms with van der Waals surface area (Å²) in [6.07, 6.45) is 1.33. The van der Waals surface area contributed by atoms with Crippen molar-refractivity contribution in [2.75, 3.05) is 7.11 Å². The van der Waals surface area contributed by atoms with Gasteiger partial charge in [0.15, 0.2) is 0 Å².